The van der Waals surface area contributed by atoms with Crippen molar-refractivity contribution in [3.8, 4) is 0 Å². The second-order valence-electron chi connectivity index (χ2n) is 7.37. The van der Waals surface area contributed by atoms with Crippen LogP contribution >= 0.6 is 0 Å². The molecule has 1 saturated heterocycles. The average molecular weight is 392 g/mol. The fourth-order valence-corrected chi connectivity index (χ4v) is 3.92. The lowest BCUT2D eigenvalue weighted by atomic mass is 9.96. The number of aromatic nitrogens is 2. The lowest BCUT2D eigenvalue weighted by Gasteiger charge is -2.32. The van der Waals surface area contributed by atoms with E-state index >= 15 is 0 Å². The minimum absolute atomic E-state index is 0.00695. The van der Waals surface area contributed by atoms with Gasteiger partial charge in [0, 0.05) is 37.7 Å². The molecule has 29 heavy (non-hydrogen) atoms. The summed E-state index contributed by atoms with van der Waals surface area (Å²) in [7, 11) is 0. The molecule has 5 nitrogen and oxygen atoms in total. The number of halogens is 1. The van der Waals surface area contributed by atoms with Crippen LogP contribution in [-0.4, -0.2) is 28.5 Å². The summed E-state index contributed by atoms with van der Waals surface area (Å²) in [5.41, 5.74) is 2.57. The Bertz CT molecular complexity index is 1020. The third-order valence-electron chi connectivity index (χ3n) is 5.51. The van der Waals surface area contributed by atoms with Crippen LogP contribution in [0.3, 0.4) is 0 Å². The molecule has 0 saturated carbocycles. The topological polar surface area (TPSA) is 50.2 Å². The van der Waals surface area contributed by atoms with Crippen molar-refractivity contribution in [2.24, 2.45) is 5.92 Å². The van der Waals surface area contributed by atoms with Gasteiger partial charge in [-0.25, -0.2) is 9.37 Å². The Morgan fingerprint density at radius 1 is 1.17 bits per heavy atom. The van der Waals surface area contributed by atoms with Crippen LogP contribution in [0, 0.1) is 11.7 Å². The third kappa shape index (κ3) is 4.01. The molecule has 6 heteroatoms. The van der Waals surface area contributed by atoms with Crippen LogP contribution in [0.1, 0.15) is 18.4 Å². The van der Waals surface area contributed by atoms with Crippen LogP contribution in [0.15, 0.2) is 61.2 Å². The van der Waals surface area contributed by atoms with Gasteiger partial charge in [0.05, 0.1) is 11.0 Å². The van der Waals surface area contributed by atoms with Crippen molar-refractivity contribution in [2.75, 3.05) is 18.0 Å². The van der Waals surface area contributed by atoms with Crippen molar-refractivity contribution < 1.29 is 9.18 Å². The first-order valence-electron chi connectivity index (χ1n) is 9.99. The quantitative estimate of drug-likeness (QED) is 0.648. The minimum atomic E-state index is -0.288. The number of nitrogens with zero attached hydrogens (tertiary/aromatic N) is 3. The maximum absolute atomic E-state index is 13.7. The first-order chi connectivity index (χ1) is 14.2. The van der Waals surface area contributed by atoms with Gasteiger partial charge in [-0.2, -0.15) is 0 Å². The van der Waals surface area contributed by atoms with Crippen molar-refractivity contribution in [3.05, 3.63) is 72.6 Å². The van der Waals surface area contributed by atoms with Gasteiger partial charge in [0.1, 0.15) is 5.82 Å². The van der Waals surface area contributed by atoms with Gasteiger partial charge < -0.3 is 14.8 Å². The number of piperidine rings is 1. The Balaban J connectivity index is 1.40. The molecule has 0 atom stereocenters. The van der Waals surface area contributed by atoms with Gasteiger partial charge in [0.2, 0.25) is 11.9 Å². The molecular formula is C23H25FN4O. The van der Waals surface area contributed by atoms with E-state index in [4.69, 9.17) is 4.98 Å². The summed E-state index contributed by atoms with van der Waals surface area (Å²) in [4.78, 5) is 19.6. The molecule has 1 aliphatic rings. The number of amides is 1. The molecule has 4 rings (SSSR count). The van der Waals surface area contributed by atoms with Crippen LogP contribution in [-0.2, 0) is 17.9 Å². The first kappa shape index (κ1) is 19.2. The van der Waals surface area contributed by atoms with Gasteiger partial charge in [0.15, 0.2) is 0 Å². The fraction of sp³-hybridized carbons (Fsp3) is 0.304. The van der Waals surface area contributed by atoms with Crippen LogP contribution in [0.4, 0.5) is 10.3 Å². The number of fused-ring (bicyclic) bond motifs is 1. The van der Waals surface area contributed by atoms with E-state index in [0.717, 1.165) is 42.9 Å². The number of carbonyl (C=O) groups excluding carboxylic acids is 1. The molecule has 3 aromatic rings. The molecule has 1 aliphatic heterocycles. The molecule has 2 heterocycles. The molecule has 1 amide bonds. The second kappa shape index (κ2) is 8.47. The third-order valence-corrected chi connectivity index (χ3v) is 5.51. The number of hydrogen-bond donors (Lipinski definition) is 1. The van der Waals surface area contributed by atoms with Crippen LogP contribution in [0.5, 0.6) is 0 Å². The summed E-state index contributed by atoms with van der Waals surface area (Å²) >= 11 is 0. The van der Waals surface area contributed by atoms with Crippen LogP contribution < -0.4 is 10.2 Å². The zero-order chi connectivity index (χ0) is 20.2. The highest BCUT2D eigenvalue weighted by Gasteiger charge is 2.27. The zero-order valence-corrected chi connectivity index (χ0v) is 16.4. The minimum Gasteiger partial charge on any atom is -0.352 e. The standard InChI is InChI=1S/C23H25FN4O/c1-2-13-28-21-10-6-5-9-20(21)26-23(28)27-14-11-17(12-15-27)22(29)25-16-18-7-3-4-8-19(18)24/h2-10,17H,1,11-16H2,(H,25,29). The number of carbonyl (C=O) groups is 1. The summed E-state index contributed by atoms with van der Waals surface area (Å²) in [6.45, 7) is 6.31. The molecule has 0 spiro atoms. The first-order valence-corrected chi connectivity index (χ1v) is 9.99. The van der Waals surface area contributed by atoms with Gasteiger partial charge in [-0.1, -0.05) is 36.4 Å². The molecule has 1 N–H and O–H groups in total. The van der Waals surface area contributed by atoms with Gasteiger partial charge >= 0.3 is 0 Å². The Hall–Kier alpha value is -3.15. The predicted octanol–water partition coefficient (Wildman–Crippen LogP) is 3.89. The maximum Gasteiger partial charge on any atom is 0.223 e. The molecule has 1 fully saturated rings. The SMILES string of the molecule is C=CCn1c(N2CCC(C(=O)NCc3ccccc3F)CC2)nc2ccccc21. The monoisotopic (exact) mass is 392 g/mol. The van der Waals surface area contributed by atoms with Crippen molar-refractivity contribution in [1.29, 1.82) is 0 Å². The van der Waals surface area contributed by atoms with E-state index in [9.17, 15) is 9.18 Å². The number of imidazole rings is 1. The number of nitrogens with one attached hydrogen (secondary N) is 1. The Labute approximate surface area is 169 Å². The summed E-state index contributed by atoms with van der Waals surface area (Å²) in [6.07, 6.45) is 3.38. The van der Waals surface area contributed by atoms with E-state index in [-0.39, 0.29) is 24.2 Å². The molecule has 150 valence electrons. The van der Waals surface area contributed by atoms with Crippen molar-refractivity contribution >= 4 is 22.9 Å². The predicted molar refractivity (Wildman–Crippen MR) is 113 cm³/mol. The largest absolute Gasteiger partial charge is 0.352 e. The fourth-order valence-electron chi connectivity index (χ4n) is 3.92. The number of para-hydroxylation sites is 2. The molecule has 0 bridgehead atoms. The molecule has 0 radical (unpaired) electrons. The Morgan fingerprint density at radius 3 is 2.66 bits per heavy atom. The van der Waals surface area contributed by atoms with Crippen molar-refractivity contribution in [3.63, 3.8) is 0 Å². The lowest BCUT2D eigenvalue weighted by molar-refractivity contribution is -0.125. The van der Waals surface area contributed by atoms with Crippen molar-refractivity contribution in [2.45, 2.75) is 25.9 Å². The summed E-state index contributed by atoms with van der Waals surface area (Å²) in [6, 6.07) is 14.6. The highest BCUT2D eigenvalue weighted by molar-refractivity contribution is 5.80. The van der Waals surface area contributed by atoms with E-state index in [0.29, 0.717) is 12.1 Å². The highest BCUT2D eigenvalue weighted by Crippen LogP contribution is 2.27. The molecule has 2 aromatic carbocycles. The molecule has 0 aliphatic carbocycles. The van der Waals surface area contributed by atoms with Crippen LogP contribution in [0.2, 0.25) is 0 Å². The number of rotatable bonds is 6. The number of hydrogen-bond acceptors (Lipinski definition) is 3. The maximum atomic E-state index is 13.7. The van der Waals surface area contributed by atoms with Crippen molar-refractivity contribution in [1.82, 2.24) is 14.9 Å². The lowest BCUT2D eigenvalue weighted by Crippen LogP contribution is -2.41. The summed E-state index contributed by atoms with van der Waals surface area (Å²) in [5, 5.41) is 2.89. The van der Waals surface area contributed by atoms with Gasteiger partial charge in [0.25, 0.3) is 0 Å². The smallest absolute Gasteiger partial charge is 0.223 e. The van der Waals surface area contributed by atoms with Gasteiger partial charge in [-0.05, 0) is 31.0 Å². The van der Waals surface area contributed by atoms with Gasteiger partial charge in [-0.3, -0.25) is 4.79 Å². The average Bonchev–Trinajstić information content (AvgIpc) is 3.12. The van der Waals surface area contributed by atoms with E-state index in [1.165, 1.54) is 6.07 Å². The van der Waals surface area contributed by atoms with Crippen LogP contribution in [0.25, 0.3) is 11.0 Å². The Kier molecular flexibility index (Phi) is 5.60. The highest BCUT2D eigenvalue weighted by atomic mass is 19.1. The molecule has 0 unspecified atom stereocenters. The second-order valence-corrected chi connectivity index (χ2v) is 7.37. The van der Waals surface area contributed by atoms with E-state index in [1.807, 2.05) is 24.3 Å². The summed E-state index contributed by atoms with van der Waals surface area (Å²) in [5.74, 6) is 0.572. The van der Waals surface area contributed by atoms with Gasteiger partial charge in [-0.15, -0.1) is 6.58 Å². The zero-order valence-electron chi connectivity index (χ0n) is 16.4. The van der Waals surface area contributed by atoms with E-state index < -0.39 is 0 Å². The number of benzene rings is 2. The molecular weight excluding hydrogens is 367 g/mol. The van der Waals surface area contributed by atoms with E-state index in [2.05, 4.69) is 27.4 Å². The normalized spacial score (nSPS) is 14.9. The molecule has 1 aromatic heterocycles. The number of anilines is 1. The van der Waals surface area contributed by atoms with E-state index in [1.54, 1.807) is 18.2 Å². The number of allylic oxidation sites excluding steroid dienone is 1. The Morgan fingerprint density at radius 2 is 1.90 bits per heavy atom. The summed E-state index contributed by atoms with van der Waals surface area (Å²) < 4.78 is 15.9.